The van der Waals surface area contributed by atoms with Gasteiger partial charge in [-0.05, 0) is 31.2 Å². The van der Waals surface area contributed by atoms with Gasteiger partial charge in [0.2, 0.25) is 10.0 Å². The van der Waals surface area contributed by atoms with E-state index >= 15 is 0 Å². The Balaban J connectivity index is 0.00000676. The van der Waals surface area contributed by atoms with Gasteiger partial charge in [0.1, 0.15) is 17.7 Å². The Hall–Kier alpha value is -1.14. The molecule has 0 aliphatic carbocycles. The van der Waals surface area contributed by atoms with Gasteiger partial charge in [0, 0.05) is 26.7 Å². The summed E-state index contributed by atoms with van der Waals surface area (Å²) in [6.07, 6.45) is -0.182. The van der Waals surface area contributed by atoms with Crippen molar-refractivity contribution in [2.45, 2.75) is 26.9 Å². The van der Waals surface area contributed by atoms with Crippen LogP contribution in [0, 0.1) is 5.82 Å². The molecular formula is C17H30FIN4O3S. The van der Waals surface area contributed by atoms with Crippen molar-refractivity contribution in [1.82, 2.24) is 14.9 Å². The number of guanidine groups is 1. The molecule has 0 amide bonds. The summed E-state index contributed by atoms with van der Waals surface area (Å²) in [6.45, 7) is 7.14. The standard InChI is InChI=1S/C17H29FN4O3S.HI/c1-5-22(6-2)26(23,24)12-11-20-17(19-4)21-13-14(3)25-16-9-7-15(18)8-10-16;/h7-10,14H,5-6,11-13H2,1-4H3,(H2,19,20,21);1H. The number of hydrogen-bond donors (Lipinski definition) is 2. The van der Waals surface area contributed by atoms with Crippen molar-refractivity contribution in [2.75, 3.05) is 39.0 Å². The van der Waals surface area contributed by atoms with E-state index in [0.29, 0.717) is 31.3 Å². The molecule has 0 saturated heterocycles. The lowest BCUT2D eigenvalue weighted by Crippen LogP contribution is -2.44. The molecule has 10 heteroatoms. The van der Waals surface area contributed by atoms with Crippen LogP contribution in [0.4, 0.5) is 4.39 Å². The Morgan fingerprint density at radius 3 is 2.33 bits per heavy atom. The number of ether oxygens (including phenoxy) is 1. The zero-order valence-corrected chi connectivity index (χ0v) is 19.4. The molecule has 0 aliphatic heterocycles. The van der Waals surface area contributed by atoms with Crippen molar-refractivity contribution in [2.24, 2.45) is 4.99 Å². The van der Waals surface area contributed by atoms with Gasteiger partial charge < -0.3 is 15.4 Å². The Kier molecular flexibility index (Phi) is 12.6. The second-order valence-electron chi connectivity index (χ2n) is 5.66. The molecule has 1 atom stereocenters. The number of aliphatic imine (C=N–C) groups is 1. The summed E-state index contributed by atoms with van der Waals surface area (Å²) in [6, 6.07) is 5.81. The maximum Gasteiger partial charge on any atom is 0.215 e. The van der Waals surface area contributed by atoms with E-state index in [1.807, 2.05) is 20.8 Å². The van der Waals surface area contributed by atoms with E-state index in [1.165, 1.54) is 16.4 Å². The van der Waals surface area contributed by atoms with Crippen LogP contribution in [0.2, 0.25) is 0 Å². The van der Waals surface area contributed by atoms with Crippen LogP contribution in [-0.2, 0) is 10.0 Å². The lowest BCUT2D eigenvalue weighted by atomic mass is 10.3. The SMILES string of the molecule is CCN(CC)S(=O)(=O)CCNC(=NC)NCC(C)Oc1ccc(F)cc1.I. The predicted molar refractivity (Wildman–Crippen MR) is 118 cm³/mol. The number of benzene rings is 1. The maximum absolute atomic E-state index is 12.9. The Bertz CT molecular complexity index is 667. The van der Waals surface area contributed by atoms with Crippen molar-refractivity contribution in [3.05, 3.63) is 30.1 Å². The lowest BCUT2D eigenvalue weighted by molar-refractivity contribution is 0.223. The molecule has 1 rings (SSSR count). The van der Waals surface area contributed by atoms with Gasteiger partial charge in [-0.15, -0.1) is 24.0 Å². The van der Waals surface area contributed by atoms with Gasteiger partial charge in [0.15, 0.2) is 5.96 Å². The molecule has 1 aromatic carbocycles. The van der Waals surface area contributed by atoms with E-state index in [0.717, 1.165) is 0 Å². The summed E-state index contributed by atoms with van der Waals surface area (Å²) < 4.78 is 44.3. The van der Waals surface area contributed by atoms with Gasteiger partial charge in [0.25, 0.3) is 0 Å². The maximum atomic E-state index is 12.9. The first-order valence-corrected chi connectivity index (χ1v) is 10.3. The Labute approximate surface area is 178 Å². The van der Waals surface area contributed by atoms with Gasteiger partial charge in [-0.2, -0.15) is 0 Å². The number of halogens is 2. The summed E-state index contributed by atoms with van der Waals surface area (Å²) in [7, 11) is -1.66. The van der Waals surface area contributed by atoms with Crippen LogP contribution < -0.4 is 15.4 Å². The minimum absolute atomic E-state index is 0. The van der Waals surface area contributed by atoms with Crippen molar-refractivity contribution < 1.29 is 17.5 Å². The second kappa shape index (κ2) is 13.1. The quantitative estimate of drug-likeness (QED) is 0.283. The molecule has 0 saturated carbocycles. The number of nitrogens with one attached hydrogen (secondary N) is 2. The monoisotopic (exact) mass is 516 g/mol. The molecule has 7 nitrogen and oxygen atoms in total. The minimum Gasteiger partial charge on any atom is -0.489 e. The molecule has 0 heterocycles. The highest BCUT2D eigenvalue weighted by Crippen LogP contribution is 2.12. The largest absolute Gasteiger partial charge is 0.489 e. The number of nitrogens with zero attached hydrogens (tertiary/aromatic N) is 2. The van der Waals surface area contributed by atoms with E-state index in [-0.39, 0.29) is 48.2 Å². The molecule has 27 heavy (non-hydrogen) atoms. The second-order valence-corrected chi connectivity index (χ2v) is 7.75. The molecule has 1 unspecified atom stereocenters. The molecule has 0 spiro atoms. The summed E-state index contributed by atoms with van der Waals surface area (Å²) in [5, 5.41) is 6.06. The molecule has 0 fully saturated rings. The van der Waals surface area contributed by atoms with Crippen LogP contribution in [-0.4, -0.2) is 63.8 Å². The minimum atomic E-state index is -3.27. The van der Waals surface area contributed by atoms with Crippen molar-refractivity contribution in [3.63, 3.8) is 0 Å². The lowest BCUT2D eigenvalue weighted by Gasteiger charge is -2.20. The zero-order chi connectivity index (χ0) is 19.6. The average Bonchev–Trinajstić information content (AvgIpc) is 2.60. The third-order valence-electron chi connectivity index (χ3n) is 3.68. The topological polar surface area (TPSA) is 83.0 Å². The first-order chi connectivity index (χ1) is 12.3. The number of sulfonamides is 1. The van der Waals surface area contributed by atoms with Crippen molar-refractivity contribution in [1.29, 1.82) is 0 Å². The van der Waals surface area contributed by atoms with Crippen molar-refractivity contribution >= 4 is 40.0 Å². The summed E-state index contributed by atoms with van der Waals surface area (Å²) >= 11 is 0. The van der Waals surface area contributed by atoms with E-state index < -0.39 is 10.0 Å². The van der Waals surface area contributed by atoms with Crippen LogP contribution in [0.25, 0.3) is 0 Å². The Morgan fingerprint density at radius 1 is 1.22 bits per heavy atom. The van der Waals surface area contributed by atoms with Crippen LogP contribution >= 0.6 is 24.0 Å². The van der Waals surface area contributed by atoms with Gasteiger partial charge in [0.05, 0.1) is 12.3 Å². The molecule has 2 N–H and O–H groups in total. The third-order valence-corrected chi connectivity index (χ3v) is 5.71. The van der Waals surface area contributed by atoms with Crippen LogP contribution in [0.15, 0.2) is 29.3 Å². The molecule has 1 aromatic rings. The van der Waals surface area contributed by atoms with E-state index in [2.05, 4.69) is 15.6 Å². The molecular weight excluding hydrogens is 486 g/mol. The highest BCUT2D eigenvalue weighted by Gasteiger charge is 2.18. The van der Waals surface area contributed by atoms with Crippen LogP contribution in [0.5, 0.6) is 5.75 Å². The fourth-order valence-electron chi connectivity index (χ4n) is 2.29. The van der Waals surface area contributed by atoms with Gasteiger partial charge in [-0.25, -0.2) is 17.1 Å². The third kappa shape index (κ3) is 9.56. The summed E-state index contributed by atoms with van der Waals surface area (Å²) in [5.74, 6) is 0.757. The van der Waals surface area contributed by atoms with E-state index in [4.69, 9.17) is 4.74 Å². The highest BCUT2D eigenvalue weighted by molar-refractivity contribution is 14.0. The van der Waals surface area contributed by atoms with E-state index in [1.54, 1.807) is 19.2 Å². The fraction of sp³-hybridized carbons (Fsp3) is 0.588. The normalized spacial score (nSPS) is 13.0. The van der Waals surface area contributed by atoms with Gasteiger partial charge in [-0.3, -0.25) is 4.99 Å². The van der Waals surface area contributed by atoms with Crippen LogP contribution in [0.1, 0.15) is 20.8 Å². The fourth-order valence-corrected chi connectivity index (χ4v) is 3.70. The Morgan fingerprint density at radius 2 is 1.81 bits per heavy atom. The van der Waals surface area contributed by atoms with E-state index in [9.17, 15) is 12.8 Å². The first kappa shape index (κ1) is 25.9. The number of hydrogen-bond acceptors (Lipinski definition) is 4. The first-order valence-electron chi connectivity index (χ1n) is 8.66. The molecule has 0 bridgehead atoms. The van der Waals surface area contributed by atoms with Gasteiger partial charge in [-0.1, -0.05) is 13.8 Å². The average molecular weight is 516 g/mol. The highest BCUT2D eigenvalue weighted by atomic mass is 127. The van der Waals surface area contributed by atoms with Gasteiger partial charge >= 0.3 is 0 Å². The molecule has 156 valence electrons. The predicted octanol–water partition coefficient (Wildman–Crippen LogP) is 2.05. The van der Waals surface area contributed by atoms with Crippen LogP contribution in [0.3, 0.4) is 0 Å². The molecule has 0 aromatic heterocycles. The molecule has 0 radical (unpaired) electrons. The summed E-state index contributed by atoms with van der Waals surface area (Å²) in [4.78, 5) is 4.06. The molecule has 0 aliphatic rings. The zero-order valence-electron chi connectivity index (χ0n) is 16.2. The van der Waals surface area contributed by atoms with Crippen molar-refractivity contribution in [3.8, 4) is 5.75 Å². The number of rotatable bonds is 10. The smallest absolute Gasteiger partial charge is 0.215 e. The summed E-state index contributed by atoms with van der Waals surface area (Å²) in [5.41, 5.74) is 0.